The van der Waals surface area contributed by atoms with E-state index in [1.165, 1.54) is 31.4 Å². The lowest BCUT2D eigenvalue weighted by molar-refractivity contribution is 0.0923. The van der Waals surface area contributed by atoms with E-state index in [2.05, 4.69) is 5.32 Å². The Bertz CT molecular complexity index is 1590. The quantitative estimate of drug-likeness (QED) is 0.200. The molecule has 0 radical (unpaired) electrons. The third-order valence-electron chi connectivity index (χ3n) is 6.13. The van der Waals surface area contributed by atoms with Gasteiger partial charge in [-0.3, -0.25) is 19.2 Å². The second-order valence-electron chi connectivity index (χ2n) is 8.52. The van der Waals surface area contributed by atoms with Crippen molar-refractivity contribution in [2.75, 3.05) is 17.3 Å². The van der Waals surface area contributed by atoms with Crippen molar-refractivity contribution in [3.63, 3.8) is 0 Å². The molecule has 186 valence electrons. The van der Waals surface area contributed by atoms with Crippen LogP contribution in [0.5, 0.6) is 5.75 Å². The zero-order valence-electron chi connectivity index (χ0n) is 20.4. The van der Waals surface area contributed by atoms with Gasteiger partial charge in [0, 0.05) is 16.8 Å². The molecule has 7 heteroatoms. The maximum atomic E-state index is 13.1. The summed E-state index contributed by atoms with van der Waals surface area (Å²) < 4.78 is 5.31. The van der Waals surface area contributed by atoms with E-state index in [1.807, 2.05) is 18.2 Å². The maximum Gasteiger partial charge on any atom is 0.266 e. The number of allylic oxidation sites excluding steroid dienone is 1. The monoisotopic (exact) mass is 502 g/mol. The van der Waals surface area contributed by atoms with Crippen LogP contribution in [0, 0.1) is 0 Å². The molecule has 0 aliphatic carbocycles. The number of fused-ring (bicyclic) bond motifs is 1. The topological polar surface area (TPSA) is 92.8 Å². The molecule has 0 aromatic heterocycles. The lowest BCUT2D eigenvalue weighted by Gasteiger charge is -2.16. The van der Waals surface area contributed by atoms with Crippen LogP contribution in [0.4, 0.5) is 11.4 Å². The van der Waals surface area contributed by atoms with Crippen molar-refractivity contribution >= 4 is 41.0 Å². The minimum Gasteiger partial charge on any atom is -0.495 e. The van der Waals surface area contributed by atoms with E-state index >= 15 is 0 Å². The third kappa shape index (κ3) is 4.73. The van der Waals surface area contributed by atoms with Gasteiger partial charge in [0.05, 0.1) is 23.9 Å². The van der Waals surface area contributed by atoms with Gasteiger partial charge < -0.3 is 10.1 Å². The number of ketones is 1. The fourth-order valence-electron chi connectivity index (χ4n) is 4.17. The molecular formula is C31H22N2O5. The normalized spacial score (nSPS) is 12.5. The van der Waals surface area contributed by atoms with Gasteiger partial charge in [0.25, 0.3) is 17.7 Å². The van der Waals surface area contributed by atoms with Crippen LogP contribution >= 0.6 is 0 Å². The molecule has 0 bridgehead atoms. The maximum absolute atomic E-state index is 13.1. The van der Waals surface area contributed by atoms with Crippen LogP contribution < -0.4 is 15.0 Å². The number of methoxy groups -OCH3 is 1. The number of imide groups is 1. The first kappa shape index (κ1) is 24.4. The standard InChI is InChI=1S/C31H22N2O5/c1-38-28-10-6-5-9-26(28)33-30(36)24-17-14-22(19-25(24)31(33)37)29(35)32-23-15-11-20(12-16-23)13-18-27(34)21-7-3-2-4-8-21/h2-19H,1H3,(H,32,35)/b18-13-. The molecule has 1 aliphatic rings. The number of carbonyl (C=O) groups is 4. The molecule has 0 unspecified atom stereocenters. The van der Waals surface area contributed by atoms with Gasteiger partial charge in [0.15, 0.2) is 5.78 Å². The number of carbonyl (C=O) groups excluding carboxylic acids is 4. The number of ether oxygens (including phenoxy) is 1. The molecule has 0 spiro atoms. The van der Waals surface area contributed by atoms with E-state index in [9.17, 15) is 19.2 Å². The Morgan fingerprint density at radius 1 is 0.763 bits per heavy atom. The Balaban J connectivity index is 1.29. The van der Waals surface area contributed by atoms with Crippen molar-refractivity contribution in [2.24, 2.45) is 0 Å². The largest absolute Gasteiger partial charge is 0.495 e. The number of benzene rings is 4. The molecular weight excluding hydrogens is 480 g/mol. The first-order valence-electron chi connectivity index (χ1n) is 11.8. The van der Waals surface area contributed by atoms with Crippen LogP contribution in [-0.4, -0.2) is 30.6 Å². The summed E-state index contributed by atoms with van der Waals surface area (Å²) in [5.74, 6) is -1.13. The summed E-state index contributed by atoms with van der Waals surface area (Å²) in [5.41, 5.74) is 2.89. The Morgan fingerprint density at radius 2 is 1.45 bits per heavy atom. The molecule has 1 aliphatic heterocycles. The number of rotatable bonds is 7. The van der Waals surface area contributed by atoms with E-state index in [0.29, 0.717) is 22.7 Å². The Labute approximate surface area is 219 Å². The van der Waals surface area contributed by atoms with Gasteiger partial charge in [0.2, 0.25) is 0 Å². The van der Waals surface area contributed by atoms with Crippen LogP contribution in [0.15, 0.2) is 103 Å². The first-order valence-corrected chi connectivity index (χ1v) is 11.8. The van der Waals surface area contributed by atoms with Gasteiger partial charge in [-0.25, -0.2) is 4.90 Å². The highest BCUT2D eigenvalue weighted by Gasteiger charge is 2.38. The molecule has 7 nitrogen and oxygen atoms in total. The summed E-state index contributed by atoms with van der Waals surface area (Å²) in [6.45, 7) is 0. The van der Waals surface area contributed by atoms with Gasteiger partial charge in [-0.2, -0.15) is 0 Å². The minimum absolute atomic E-state index is 0.100. The molecule has 0 saturated carbocycles. The summed E-state index contributed by atoms with van der Waals surface area (Å²) in [4.78, 5) is 52.3. The summed E-state index contributed by atoms with van der Waals surface area (Å²) >= 11 is 0. The molecule has 4 aromatic carbocycles. The summed E-state index contributed by atoms with van der Waals surface area (Å²) in [7, 11) is 1.46. The molecule has 38 heavy (non-hydrogen) atoms. The van der Waals surface area contributed by atoms with Crippen molar-refractivity contribution in [3.8, 4) is 5.75 Å². The van der Waals surface area contributed by atoms with Crippen LogP contribution in [0.2, 0.25) is 0 Å². The highest BCUT2D eigenvalue weighted by atomic mass is 16.5. The number of anilines is 2. The number of nitrogens with one attached hydrogen (secondary N) is 1. The molecule has 4 aromatic rings. The molecule has 3 amide bonds. The predicted octanol–water partition coefficient (Wildman–Crippen LogP) is 5.64. The summed E-state index contributed by atoms with van der Waals surface area (Å²) in [6, 6.07) is 27.1. The highest BCUT2D eigenvalue weighted by Crippen LogP contribution is 2.35. The molecule has 0 saturated heterocycles. The number of hydrogen-bond donors (Lipinski definition) is 1. The van der Waals surface area contributed by atoms with Crippen molar-refractivity contribution in [1.29, 1.82) is 0 Å². The third-order valence-corrected chi connectivity index (χ3v) is 6.13. The number of para-hydroxylation sites is 2. The Hall–Kier alpha value is -5.30. The fraction of sp³-hybridized carbons (Fsp3) is 0.0323. The fourth-order valence-corrected chi connectivity index (χ4v) is 4.17. The summed E-state index contributed by atoms with van der Waals surface area (Å²) in [6.07, 6.45) is 3.21. The van der Waals surface area contributed by atoms with Crippen LogP contribution in [0.1, 0.15) is 47.0 Å². The SMILES string of the molecule is COc1ccccc1N1C(=O)c2ccc(C(=O)Nc3ccc(/C=C\C(=O)c4ccccc4)cc3)cc2C1=O. The van der Waals surface area contributed by atoms with Gasteiger partial charge in [0.1, 0.15) is 5.75 Å². The Kier molecular flexibility index (Phi) is 6.65. The molecule has 1 heterocycles. The molecule has 0 fully saturated rings. The van der Waals surface area contributed by atoms with Crippen molar-refractivity contribution in [1.82, 2.24) is 0 Å². The van der Waals surface area contributed by atoms with Gasteiger partial charge >= 0.3 is 0 Å². The van der Waals surface area contributed by atoms with Crippen molar-refractivity contribution < 1.29 is 23.9 Å². The number of amides is 3. The zero-order valence-corrected chi connectivity index (χ0v) is 20.4. The first-order chi connectivity index (χ1) is 18.5. The van der Waals surface area contributed by atoms with E-state index < -0.39 is 17.7 Å². The molecule has 5 rings (SSSR count). The van der Waals surface area contributed by atoms with Crippen LogP contribution in [0.25, 0.3) is 6.08 Å². The highest BCUT2D eigenvalue weighted by molar-refractivity contribution is 6.35. The second kappa shape index (κ2) is 10.4. The smallest absolute Gasteiger partial charge is 0.266 e. The van der Waals surface area contributed by atoms with Crippen molar-refractivity contribution in [2.45, 2.75) is 0 Å². The number of hydrogen-bond acceptors (Lipinski definition) is 5. The van der Waals surface area contributed by atoms with Crippen molar-refractivity contribution in [3.05, 3.63) is 131 Å². The number of nitrogens with zero attached hydrogens (tertiary/aromatic N) is 1. The van der Waals surface area contributed by atoms with E-state index in [0.717, 1.165) is 10.5 Å². The second-order valence-corrected chi connectivity index (χ2v) is 8.52. The lowest BCUT2D eigenvalue weighted by Crippen LogP contribution is -2.29. The van der Waals surface area contributed by atoms with E-state index in [1.54, 1.807) is 66.7 Å². The van der Waals surface area contributed by atoms with Gasteiger partial charge in [-0.1, -0.05) is 60.7 Å². The molecule has 0 atom stereocenters. The van der Waals surface area contributed by atoms with Crippen LogP contribution in [-0.2, 0) is 0 Å². The average Bonchev–Trinajstić information content (AvgIpc) is 3.21. The Morgan fingerprint density at radius 3 is 2.18 bits per heavy atom. The van der Waals surface area contributed by atoms with E-state index in [4.69, 9.17) is 4.74 Å². The minimum atomic E-state index is -0.523. The van der Waals surface area contributed by atoms with Gasteiger partial charge in [-0.05, 0) is 54.1 Å². The molecule has 1 N–H and O–H groups in total. The van der Waals surface area contributed by atoms with E-state index in [-0.39, 0.29) is 22.5 Å². The lowest BCUT2D eigenvalue weighted by atomic mass is 10.1. The zero-order chi connectivity index (χ0) is 26.6. The predicted molar refractivity (Wildman–Crippen MR) is 145 cm³/mol. The van der Waals surface area contributed by atoms with Gasteiger partial charge in [-0.15, -0.1) is 0 Å². The average molecular weight is 503 g/mol. The summed E-state index contributed by atoms with van der Waals surface area (Å²) in [5, 5.41) is 2.79. The van der Waals surface area contributed by atoms with Crippen LogP contribution in [0.3, 0.4) is 0 Å².